The molecule has 0 aromatic heterocycles. The molecule has 0 amide bonds. The molecule has 0 rings (SSSR count). The van der Waals surface area contributed by atoms with E-state index in [0.717, 1.165) is 23.9 Å². The quantitative estimate of drug-likeness (QED) is 0.0694. The molecular weight excluding hydrogens is 465 g/mol. The molecule has 212 valence electrons. The van der Waals surface area contributed by atoms with Crippen LogP contribution in [0.5, 0.6) is 0 Å². The van der Waals surface area contributed by atoms with Crippen LogP contribution >= 0.6 is 7.82 Å². The zero-order valence-corrected chi connectivity index (χ0v) is 24.4. The molecule has 0 aliphatic carbocycles. The van der Waals surface area contributed by atoms with E-state index in [9.17, 15) is 14.6 Å². The van der Waals surface area contributed by atoms with E-state index in [4.69, 9.17) is 13.8 Å². The molecule has 2 atom stereocenters. The molecule has 0 saturated carbocycles. The first-order chi connectivity index (χ1) is 16.7. The van der Waals surface area contributed by atoms with Crippen LogP contribution in [0, 0.1) is 0 Å². The second-order valence-corrected chi connectivity index (χ2v) is 12.5. The summed E-state index contributed by atoms with van der Waals surface area (Å²) in [5.41, 5.74) is 0. The smallest absolute Gasteiger partial charge is 0.388 e. The molecule has 0 bridgehead atoms. The largest absolute Gasteiger partial charge is 0.472 e. The molecule has 35 heavy (non-hydrogen) atoms. The SMILES string of the molecule is CCCCCCCCCCCCCCCCCCOCC(O)COP(=O)(O)OCCC[N+](C)(C)C. The fourth-order valence-electron chi connectivity index (χ4n) is 3.96. The summed E-state index contributed by atoms with van der Waals surface area (Å²) >= 11 is 0. The summed E-state index contributed by atoms with van der Waals surface area (Å²) in [5, 5.41) is 9.89. The number of phosphoric ester groups is 1. The van der Waals surface area contributed by atoms with Crippen LogP contribution in [-0.4, -0.2) is 74.7 Å². The third-order valence-corrected chi connectivity index (χ3v) is 7.09. The van der Waals surface area contributed by atoms with E-state index in [1.54, 1.807) is 0 Å². The van der Waals surface area contributed by atoms with E-state index < -0.39 is 13.9 Å². The second-order valence-electron chi connectivity index (χ2n) is 11.0. The van der Waals surface area contributed by atoms with E-state index in [2.05, 4.69) is 6.92 Å². The number of phosphoric acid groups is 1. The van der Waals surface area contributed by atoms with Gasteiger partial charge in [0, 0.05) is 13.0 Å². The van der Waals surface area contributed by atoms with Crippen LogP contribution in [0.25, 0.3) is 0 Å². The van der Waals surface area contributed by atoms with Crippen LogP contribution in [0.3, 0.4) is 0 Å². The van der Waals surface area contributed by atoms with Crippen molar-refractivity contribution in [1.82, 2.24) is 0 Å². The van der Waals surface area contributed by atoms with Gasteiger partial charge in [-0.25, -0.2) is 4.57 Å². The Hall–Kier alpha value is -0.0100. The lowest BCUT2D eigenvalue weighted by atomic mass is 10.0. The van der Waals surface area contributed by atoms with Gasteiger partial charge in [-0.3, -0.25) is 9.05 Å². The third kappa shape index (κ3) is 28.4. The zero-order chi connectivity index (χ0) is 26.3. The summed E-state index contributed by atoms with van der Waals surface area (Å²) in [7, 11) is 2.01. The first-order valence-electron chi connectivity index (χ1n) is 14.3. The van der Waals surface area contributed by atoms with E-state index in [1.165, 1.54) is 89.9 Å². The van der Waals surface area contributed by atoms with Crippen LogP contribution < -0.4 is 0 Å². The van der Waals surface area contributed by atoms with Crippen molar-refractivity contribution >= 4 is 7.82 Å². The Kier molecular flexibility index (Phi) is 23.1. The lowest BCUT2D eigenvalue weighted by molar-refractivity contribution is -0.870. The predicted molar refractivity (Wildman–Crippen MR) is 146 cm³/mol. The summed E-state index contributed by atoms with van der Waals surface area (Å²) < 4.78 is 27.9. The molecule has 0 radical (unpaired) electrons. The normalized spacial score (nSPS) is 14.8. The van der Waals surface area contributed by atoms with Gasteiger partial charge in [-0.05, 0) is 6.42 Å². The molecule has 0 saturated heterocycles. The van der Waals surface area contributed by atoms with Gasteiger partial charge in [-0.2, -0.15) is 0 Å². The minimum atomic E-state index is -4.13. The maximum absolute atomic E-state index is 11.8. The molecule has 0 aliphatic heterocycles. The molecule has 0 spiro atoms. The number of aliphatic hydroxyl groups is 1. The van der Waals surface area contributed by atoms with Gasteiger partial charge in [-0.15, -0.1) is 0 Å². The number of unbranched alkanes of at least 4 members (excludes halogenated alkanes) is 15. The van der Waals surface area contributed by atoms with Crippen LogP contribution in [-0.2, 0) is 18.3 Å². The maximum Gasteiger partial charge on any atom is 0.472 e. The van der Waals surface area contributed by atoms with Crippen LogP contribution in [0.2, 0.25) is 0 Å². The van der Waals surface area contributed by atoms with Gasteiger partial charge in [0.05, 0.1) is 47.5 Å². The number of quaternary nitrogens is 1. The highest BCUT2D eigenvalue weighted by Gasteiger charge is 2.23. The topological polar surface area (TPSA) is 85.2 Å². The molecular formula is C27H59NO6P+. The first-order valence-corrected chi connectivity index (χ1v) is 15.8. The highest BCUT2D eigenvalue weighted by Crippen LogP contribution is 2.43. The number of hydrogen-bond acceptors (Lipinski definition) is 5. The van der Waals surface area contributed by atoms with E-state index in [0.29, 0.717) is 13.0 Å². The van der Waals surface area contributed by atoms with Gasteiger partial charge in [0.2, 0.25) is 0 Å². The number of ether oxygens (including phenoxy) is 1. The van der Waals surface area contributed by atoms with Crippen molar-refractivity contribution in [1.29, 1.82) is 0 Å². The Labute approximate surface area is 217 Å². The minimum absolute atomic E-state index is 0.0975. The lowest BCUT2D eigenvalue weighted by Crippen LogP contribution is -2.35. The Morgan fingerprint density at radius 3 is 1.57 bits per heavy atom. The fraction of sp³-hybridized carbons (Fsp3) is 1.00. The minimum Gasteiger partial charge on any atom is -0.388 e. The van der Waals surface area contributed by atoms with Crippen molar-refractivity contribution in [3.63, 3.8) is 0 Å². The summed E-state index contributed by atoms with van der Waals surface area (Å²) in [6.07, 6.45) is 21.0. The van der Waals surface area contributed by atoms with Crippen molar-refractivity contribution < 1.29 is 32.8 Å². The van der Waals surface area contributed by atoms with Crippen LogP contribution in [0.1, 0.15) is 116 Å². The van der Waals surface area contributed by atoms with Gasteiger partial charge in [0.25, 0.3) is 0 Å². The Morgan fingerprint density at radius 2 is 1.11 bits per heavy atom. The summed E-state index contributed by atoms with van der Waals surface area (Å²) in [6.45, 7) is 3.66. The van der Waals surface area contributed by atoms with E-state index in [1.807, 2.05) is 21.1 Å². The van der Waals surface area contributed by atoms with E-state index in [-0.39, 0.29) is 19.8 Å². The Bertz CT molecular complexity index is 501. The highest BCUT2D eigenvalue weighted by atomic mass is 31.2. The van der Waals surface area contributed by atoms with Gasteiger partial charge in [-0.1, -0.05) is 103 Å². The molecule has 0 aromatic rings. The van der Waals surface area contributed by atoms with Gasteiger partial charge >= 0.3 is 7.82 Å². The van der Waals surface area contributed by atoms with Gasteiger partial charge in [0.1, 0.15) is 6.10 Å². The number of aliphatic hydroxyl groups excluding tert-OH is 1. The average Bonchev–Trinajstić information content (AvgIpc) is 2.79. The Morgan fingerprint density at radius 1 is 0.657 bits per heavy atom. The van der Waals surface area contributed by atoms with Gasteiger partial charge in [0.15, 0.2) is 0 Å². The average molecular weight is 525 g/mol. The molecule has 0 aliphatic rings. The van der Waals surface area contributed by atoms with Crippen LogP contribution in [0.4, 0.5) is 0 Å². The number of rotatable bonds is 27. The van der Waals surface area contributed by atoms with Crippen molar-refractivity contribution in [2.75, 3.05) is 54.1 Å². The van der Waals surface area contributed by atoms with Crippen molar-refractivity contribution in [2.45, 2.75) is 122 Å². The molecule has 0 aromatic carbocycles. The third-order valence-electron chi connectivity index (χ3n) is 6.11. The zero-order valence-electron chi connectivity index (χ0n) is 23.6. The second kappa shape index (κ2) is 23.1. The van der Waals surface area contributed by atoms with Crippen LogP contribution in [0.15, 0.2) is 0 Å². The molecule has 2 N–H and O–H groups in total. The predicted octanol–water partition coefficient (Wildman–Crippen LogP) is 6.86. The first kappa shape index (κ1) is 35.0. The monoisotopic (exact) mass is 524 g/mol. The number of hydrogen-bond donors (Lipinski definition) is 2. The summed E-state index contributed by atoms with van der Waals surface area (Å²) in [6, 6.07) is 0. The van der Waals surface area contributed by atoms with Crippen molar-refractivity contribution in [3.05, 3.63) is 0 Å². The fourth-order valence-corrected chi connectivity index (χ4v) is 4.75. The molecule has 0 heterocycles. The number of nitrogens with zero attached hydrogens (tertiary/aromatic N) is 1. The maximum atomic E-state index is 11.8. The molecule has 7 nitrogen and oxygen atoms in total. The summed E-state index contributed by atoms with van der Waals surface area (Å²) in [5.74, 6) is 0. The Balaban J connectivity index is 3.38. The van der Waals surface area contributed by atoms with Crippen molar-refractivity contribution in [3.8, 4) is 0 Å². The summed E-state index contributed by atoms with van der Waals surface area (Å²) in [4.78, 5) is 9.67. The van der Waals surface area contributed by atoms with E-state index >= 15 is 0 Å². The molecule has 0 fully saturated rings. The molecule has 8 heteroatoms. The highest BCUT2D eigenvalue weighted by molar-refractivity contribution is 7.47. The molecule has 2 unspecified atom stereocenters. The standard InChI is InChI=1S/C27H58NO6P/c1-5-6-7-8-9-10-11-12-13-14-15-16-17-18-19-20-23-32-25-27(29)26-34-35(30,31)33-24-21-22-28(2,3)4/h27,29H,5-26H2,1-4H3/p+1. The van der Waals surface area contributed by atoms with Gasteiger partial charge < -0.3 is 19.2 Å². The lowest BCUT2D eigenvalue weighted by Gasteiger charge is -2.23. The van der Waals surface area contributed by atoms with Crippen molar-refractivity contribution in [2.24, 2.45) is 0 Å².